The lowest BCUT2D eigenvalue weighted by Gasteiger charge is -2.23. The number of fused-ring (bicyclic) bond motifs is 1. The van der Waals surface area contributed by atoms with Crippen molar-refractivity contribution in [2.24, 2.45) is 5.73 Å². The lowest BCUT2D eigenvalue weighted by Crippen LogP contribution is -2.33. The molecule has 0 spiro atoms. The molecule has 12 nitrogen and oxygen atoms in total. The summed E-state index contributed by atoms with van der Waals surface area (Å²) in [6.45, 7) is 4.37. The molecular weight excluding hydrogens is 656 g/mol. The molecule has 0 aliphatic carbocycles. The number of primary amides is 1. The van der Waals surface area contributed by atoms with Gasteiger partial charge in [-0.25, -0.2) is 9.97 Å². The van der Waals surface area contributed by atoms with Crippen LogP contribution >= 0.6 is 0 Å². The molecule has 0 aliphatic rings. The molecule has 6 rings (SSSR count). The van der Waals surface area contributed by atoms with Crippen molar-refractivity contribution in [3.05, 3.63) is 121 Å². The number of anilines is 1. The second-order valence-corrected chi connectivity index (χ2v) is 12.5. The van der Waals surface area contributed by atoms with Crippen LogP contribution in [0.15, 0.2) is 110 Å². The van der Waals surface area contributed by atoms with Crippen LogP contribution in [0.3, 0.4) is 0 Å². The van der Waals surface area contributed by atoms with E-state index in [1.165, 1.54) is 0 Å². The second-order valence-electron chi connectivity index (χ2n) is 12.5. The zero-order valence-corrected chi connectivity index (χ0v) is 29.3. The van der Waals surface area contributed by atoms with Gasteiger partial charge in [0.25, 0.3) is 0 Å². The summed E-state index contributed by atoms with van der Waals surface area (Å²) >= 11 is 0. The highest BCUT2D eigenvalue weighted by atomic mass is 16.5. The summed E-state index contributed by atoms with van der Waals surface area (Å²) in [6, 6.07) is 25.9. The number of aryl methyl sites for hydroxylation is 2. The average Bonchev–Trinajstić information content (AvgIpc) is 3.82. The summed E-state index contributed by atoms with van der Waals surface area (Å²) in [7, 11) is 0. The highest BCUT2D eigenvalue weighted by Crippen LogP contribution is 2.30. The van der Waals surface area contributed by atoms with E-state index in [4.69, 9.17) is 15.5 Å². The van der Waals surface area contributed by atoms with E-state index in [0.29, 0.717) is 26.2 Å². The number of carbonyl (C=O) groups is 2. The molecular formula is C40H44N8O4. The third kappa shape index (κ3) is 9.08. The van der Waals surface area contributed by atoms with E-state index >= 15 is 0 Å². The van der Waals surface area contributed by atoms with Crippen LogP contribution in [0.25, 0.3) is 33.5 Å². The van der Waals surface area contributed by atoms with Gasteiger partial charge in [-0.3, -0.25) is 14.6 Å². The Morgan fingerprint density at radius 3 is 2.37 bits per heavy atom. The molecule has 268 valence electrons. The van der Waals surface area contributed by atoms with Gasteiger partial charge in [0.15, 0.2) is 0 Å². The molecule has 1 unspecified atom stereocenters. The molecule has 1 amide bonds. The summed E-state index contributed by atoms with van der Waals surface area (Å²) in [6.07, 6.45) is 10.1. The fourth-order valence-electron chi connectivity index (χ4n) is 6.35. The van der Waals surface area contributed by atoms with Gasteiger partial charge < -0.3 is 34.9 Å². The Kier molecular flexibility index (Phi) is 12.0. The standard InChI is InChI=1S/C40H44N8O4/c1-2-52-39(51)27-47(22-23-49)34-11-8-32(9-12-34)40-45-36-24-33(10-13-37(36)48(40)20-3-19-46-21-18-43-28-46)35(25-38(41)50)44-26-29-4-6-30(7-5-29)31-14-16-42-17-15-31/h4-18,21,24,28,35,44,49H,2-3,19-20,22-23,25-27H2,1H3,(H2,41,50). The first kappa shape index (κ1) is 36.0. The minimum atomic E-state index is -0.394. The zero-order chi connectivity index (χ0) is 36.3. The number of hydrogen-bond donors (Lipinski definition) is 3. The smallest absolute Gasteiger partial charge is 0.325 e. The summed E-state index contributed by atoms with van der Waals surface area (Å²) in [5.74, 6) is 0.0605. The third-order valence-corrected chi connectivity index (χ3v) is 8.94. The van der Waals surface area contributed by atoms with Gasteiger partial charge in [-0.15, -0.1) is 0 Å². The molecule has 3 aromatic heterocycles. The maximum Gasteiger partial charge on any atom is 0.325 e. The number of carbonyl (C=O) groups excluding carboxylic acids is 2. The van der Waals surface area contributed by atoms with Crippen molar-refractivity contribution in [3.63, 3.8) is 0 Å². The van der Waals surface area contributed by atoms with Gasteiger partial charge in [0.2, 0.25) is 5.91 Å². The topological polar surface area (TPSA) is 153 Å². The number of nitrogens with one attached hydrogen (secondary N) is 1. The summed E-state index contributed by atoms with van der Waals surface area (Å²) in [4.78, 5) is 39.7. The summed E-state index contributed by atoms with van der Waals surface area (Å²) in [5.41, 5.74) is 13.4. The van der Waals surface area contributed by atoms with Crippen molar-refractivity contribution in [2.45, 2.75) is 45.4 Å². The van der Waals surface area contributed by atoms with Crippen LogP contribution in [0, 0.1) is 0 Å². The van der Waals surface area contributed by atoms with Crippen molar-refractivity contribution in [2.75, 3.05) is 31.2 Å². The largest absolute Gasteiger partial charge is 0.465 e. The van der Waals surface area contributed by atoms with E-state index in [1.54, 1.807) is 30.4 Å². The number of aliphatic hydroxyl groups excluding tert-OH is 1. The number of pyridine rings is 1. The molecule has 0 bridgehead atoms. The first-order valence-corrected chi connectivity index (χ1v) is 17.5. The van der Waals surface area contributed by atoms with E-state index in [1.807, 2.05) is 61.1 Å². The molecule has 4 N–H and O–H groups in total. The van der Waals surface area contributed by atoms with E-state index < -0.39 is 5.91 Å². The molecule has 0 aliphatic heterocycles. The first-order valence-electron chi connectivity index (χ1n) is 17.5. The molecule has 0 radical (unpaired) electrons. The number of aliphatic hydroxyl groups is 1. The number of amides is 1. The average molecular weight is 701 g/mol. The quantitative estimate of drug-likeness (QED) is 0.104. The Bertz CT molecular complexity index is 2050. The van der Waals surface area contributed by atoms with Crippen LogP contribution in [-0.4, -0.2) is 67.4 Å². The number of nitrogens with two attached hydrogens (primary N) is 1. The van der Waals surface area contributed by atoms with Crippen LogP contribution in [0.1, 0.15) is 36.9 Å². The fraction of sp³-hybridized carbons (Fsp3) is 0.275. The Morgan fingerprint density at radius 1 is 0.923 bits per heavy atom. The SMILES string of the molecule is CCOC(=O)CN(CCO)c1ccc(-c2nc3cc(C(CC(N)=O)NCc4ccc(-c5ccncc5)cc4)ccc3n2CCCn2ccnc2)cc1. The number of benzene rings is 3. The summed E-state index contributed by atoms with van der Waals surface area (Å²) < 4.78 is 9.41. The van der Waals surface area contributed by atoms with Gasteiger partial charge in [0, 0.05) is 74.7 Å². The lowest BCUT2D eigenvalue weighted by molar-refractivity contribution is -0.141. The van der Waals surface area contributed by atoms with Crippen LogP contribution in [0.5, 0.6) is 0 Å². The van der Waals surface area contributed by atoms with Gasteiger partial charge in [-0.05, 0) is 84.1 Å². The van der Waals surface area contributed by atoms with Gasteiger partial charge in [-0.1, -0.05) is 30.3 Å². The Labute approximate surface area is 302 Å². The minimum absolute atomic E-state index is 0.0424. The Hall–Kier alpha value is -5.85. The highest BCUT2D eigenvalue weighted by molar-refractivity contribution is 5.82. The summed E-state index contributed by atoms with van der Waals surface area (Å²) in [5, 5.41) is 13.2. The van der Waals surface area contributed by atoms with E-state index in [0.717, 1.165) is 63.3 Å². The van der Waals surface area contributed by atoms with Crippen molar-refractivity contribution < 1.29 is 19.4 Å². The number of ether oxygens (including phenoxy) is 1. The number of rotatable bonds is 18. The van der Waals surface area contributed by atoms with Crippen LogP contribution < -0.4 is 16.0 Å². The number of hydrogen-bond acceptors (Lipinski definition) is 9. The lowest BCUT2D eigenvalue weighted by atomic mass is 10.0. The van der Waals surface area contributed by atoms with Crippen molar-refractivity contribution in [1.82, 2.24) is 29.4 Å². The Morgan fingerprint density at radius 2 is 1.67 bits per heavy atom. The molecule has 12 heteroatoms. The second kappa shape index (κ2) is 17.4. The molecule has 52 heavy (non-hydrogen) atoms. The molecule has 3 heterocycles. The number of esters is 1. The predicted molar refractivity (Wildman–Crippen MR) is 201 cm³/mol. The van der Waals surface area contributed by atoms with Crippen molar-refractivity contribution >= 4 is 28.6 Å². The number of imidazole rings is 2. The van der Waals surface area contributed by atoms with Gasteiger partial charge >= 0.3 is 5.97 Å². The predicted octanol–water partition coefficient (Wildman–Crippen LogP) is 5.12. The number of nitrogens with zero attached hydrogens (tertiary/aromatic N) is 6. The third-order valence-electron chi connectivity index (χ3n) is 8.94. The first-order chi connectivity index (χ1) is 25.4. The van der Waals surface area contributed by atoms with Gasteiger partial charge in [0.05, 0.1) is 30.6 Å². The molecule has 0 fully saturated rings. The maximum absolute atomic E-state index is 12.2. The molecule has 3 aromatic carbocycles. The molecule has 0 saturated heterocycles. The zero-order valence-electron chi connectivity index (χ0n) is 29.3. The highest BCUT2D eigenvalue weighted by Gasteiger charge is 2.19. The normalized spacial score (nSPS) is 11.8. The fourth-order valence-corrected chi connectivity index (χ4v) is 6.35. The molecule has 1 atom stereocenters. The van der Waals surface area contributed by atoms with E-state index in [2.05, 4.69) is 54.8 Å². The maximum atomic E-state index is 12.2. The molecule has 0 saturated carbocycles. The van der Waals surface area contributed by atoms with Crippen LogP contribution in [0.2, 0.25) is 0 Å². The van der Waals surface area contributed by atoms with Crippen LogP contribution in [-0.2, 0) is 34.0 Å². The van der Waals surface area contributed by atoms with Gasteiger partial charge in [0.1, 0.15) is 12.4 Å². The monoisotopic (exact) mass is 700 g/mol. The van der Waals surface area contributed by atoms with Gasteiger partial charge in [-0.2, -0.15) is 0 Å². The van der Waals surface area contributed by atoms with E-state index in [9.17, 15) is 14.7 Å². The van der Waals surface area contributed by atoms with Crippen molar-refractivity contribution in [3.8, 4) is 22.5 Å². The van der Waals surface area contributed by atoms with Crippen LogP contribution in [0.4, 0.5) is 5.69 Å². The Balaban J connectivity index is 1.26. The molecule has 6 aromatic rings. The van der Waals surface area contributed by atoms with E-state index in [-0.39, 0.29) is 31.6 Å². The minimum Gasteiger partial charge on any atom is -0.465 e. The number of aromatic nitrogens is 5. The van der Waals surface area contributed by atoms with Crippen molar-refractivity contribution in [1.29, 1.82) is 0 Å².